The van der Waals surface area contributed by atoms with Crippen LogP contribution in [0, 0.1) is 0 Å². The summed E-state index contributed by atoms with van der Waals surface area (Å²) in [6.07, 6.45) is 3.86. The summed E-state index contributed by atoms with van der Waals surface area (Å²) in [6, 6.07) is 10.1. The highest BCUT2D eigenvalue weighted by atomic mass is 16.5. The summed E-state index contributed by atoms with van der Waals surface area (Å²) in [4.78, 5) is 38.9. The molecule has 2 fully saturated rings. The van der Waals surface area contributed by atoms with Crippen LogP contribution in [0.15, 0.2) is 36.7 Å². The fourth-order valence-corrected chi connectivity index (χ4v) is 5.47. The molecular formula is C26H33N5O4. The van der Waals surface area contributed by atoms with Crippen LogP contribution < -0.4 is 4.74 Å². The van der Waals surface area contributed by atoms with Gasteiger partial charge in [-0.15, -0.1) is 0 Å². The van der Waals surface area contributed by atoms with Crippen molar-refractivity contribution in [3.8, 4) is 5.88 Å². The quantitative estimate of drug-likeness (QED) is 0.710. The molecule has 2 atom stereocenters. The number of ether oxygens (including phenoxy) is 1. The molecule has 9 nitrogen and oxygen atoms in total. The van der Waals surface area contributed by atoms with Crippen LogP contribution in [0.5, 0.6) is 5.88 Å². The van der Waals surface area contributed by atoms with E-state index >= 15 is 0 Å². The normalized spacial score (nSPS) is 23.6. The number of rotatable bonds is 4. The van der Waals surface area contributed by atoms with Crippen molar-refractivity contribution in [1.29, 1.82) is 0 Å². The summed E-state index contributed by atoms with van der Waals surface area (Å²) in [5, 5.41) is 10.9. The Bertz CT molecular complexity index is 1070. The smallest absolute Gasteiger partial charge is 0.272 e. The second-order valence-electron chi connectivity index (χ2n) is 9.73. The Morgan fingerprint density at radius 1 is 1.00 bits per heavy atom. The zero-order chi connectivity index (χ0) is 24.4. The zero-order valence-corrected chi connectivity index (χ0v) is 20.2. The number of aromatic nitrogens is 2. The number of carbonyl (C=O) groups excluding carboxylic acids is 2. The van der Waals surface area contributed by atoms with E-state index in [1.165, 1.54) is 17.5 Å². The number of hydrogen-bond acceptors (Lipinski definition) is 7. The third-order valence-corrected chi connectivity index (χ3v) is 7.50. The van der Waals surface area contributed by atoms with E-state index < -0.39 is 6.10 Å². The first-order valence-electron chi connectivity index (χ1n) is 12.5. The maximum absolute atomic E-state index is 13.2. The van der Waals surface area contributed by atoms with Gasteiger partial charge in [0.05, 0.1) is 6.10 Å². The van der Waals surface area contributed by atoms with Gasteiger partial charge in [0.25, 0.3) is 5.91 Å². The molecule has 9 heteroatoms. The molecule has 0 spiro atoms. The van der Waals surface area contributed by atoms with Crippen molar-refractivity contribution in [2.24, 2.45) is 0 Å². The molecule has 0 bridgehead atoms. The summed E-state index contributed by atoms with van der Waals surface area (Å²) in [6.45, 7) is 5.51. The van der Waals surface area contributed by atoms with Gasteiger partial charge in [-0.1, -0.05) is 24.3 Å². The molecule has 186 valence electrons. The maximum Gasteiger partial charge on any atom is 0.272 e. The summed E-state index contributed by atoms with van der Waals surface area (Å²) in [5.74, 6) is 0.228. The van der Waals surface area contributed by atoms with Crippen molar-refractivity contribution in [1.82, 2.24) is 24.7 Å². The largest absolute Gasteiger partial charge is 0.474 e. The monoisotopic (exact) mass is 479 g/mol. The molecule has 0 radical (unpaired) electrons. The molecule has 3 aliphatic rings. The molecule has 2 amide bonds. The van der Waals surface area contributed by atoms with Crippen molar-refractivity contribution in [3.63, 3.8) is 0 Å². The number of aliphatic hydroxyl groups is 1. The lowest BCUT2D eigenvalue weighted by atomic mass is 9.94. The van der Waals surface area contributed by atoms with Gasteiger partial charge >= 0.3 is 0 Å². The summed E-state index contributed by atoms with van der Waals surface area (Å²) in [5.41, 5.74) is 2.98. The molecule has 3 aliphatic heterocycles. The van der Waals surface area contributed by atoms with E-state index in [0.29, 0.717) is 25.5 Å². The number of hydrogen-bond donors (Lipinski definition) is 1. The average molecular weight is 480 g/mol. The van der Waals surface area contributed by atoms with Crippen molar-refractivity contribution in [3.05, 3.63) is 53.5 Å². The topological polar surface area (TPSA) is 99.1 Å². The van der Waals surface area contributed by atoms with Crippen LogP contribution in [0.1, 0.15) is 47.8 Å². The highest BCUT2D eigenvalue weighted by Gasteiger charge is 2.36. The number of amides is 2. The number of nitrogens with zero attached hydrogens (tertiary/aromatic N) is 5. The van der Waals surface area contributed by atoms with Gasteiger partial charge in [-0.2, -0.15) is 0 Å². The lowest BCUT2D eigenvalue weighted by Crippen LogP contribution is -2.56. The minimum Gasteiger partial charge on any atom is -0.474 e. The standard InChI is InChI=1S/C26H33N5O4/c1-18(32)29-11-7-21(8-12-29)35-25-14-22(27-17-28-25)26(34)31-13-9-23(24(33)16-31)30-10-6-19-4-2-3-5-20(19)15-30/h2-5,14,17,21,23-24,33H,6-13,15-16H2,1H3. The van der Waals surface area contributed by atoms with E-state index in [4.69, 9.17) is 4.74 Å². The highest BCUT2D eigenvalue weighted by molar-refractivity contribution is 5.92. The first-order valence-corrected chi connectivity index (χ1v) is 12.5. The second kappa shape index (κ2) is 10.3. The van der Waals surface area contributed by atoms with Gasteiger partial charge in [0, 0.05) is 71.1 Å². The zero-order valence-electron chi connectivity index (χ0n) is 20.2. The number of likely N-dealkylation sites (tertiary alicyclic amines) is 2. The third kappa shape index (κ3) is 5.31. The van der Waals surface area contributed by atoms with Crippen molar-refractivity contribution in [2.75, 3.05) is 32.7 Å². The van der Waals surface area contributed by atoms with Crippen LogP contribution in [-0.4, -0.2) is 92.6 Å². The van der Waals surface area contributed by atoms with Crippen LogP contribution in [0.4, 0.5) is 0 Å². The molecular weight excluding hydrogens is 446 g/mol. The number of aliphatic hydroxyl groups excluding tert-OH is 1. The number of piperidine rings is 2. The van der Waals surface area contributed by atoms with Gasteiger partial charge in [0.1, 0.15) is 18.1 Å². The minimum absolute atomic E-state index is 0.0394. The molecule has 35 heavy (non-hydrogen) atoms. The lowest BCUT2D eigenvalue weighted by molar-refractivity contribution is -0.130. The Kier molecular flexibility index (Phi) is 6.97. The van der Waals surface area contributed by atoms with Crippen LogP contribution >= 0.6 is 0 Å². The predicted octanol–water partition coefficient (Wildman–Crippen LogP) is 1.50. The van der Waals surface area contributed by atoms with Crippen LogP contribution in [0.2, 0.25) is 0 Å². The van der Waals surface area contributed by atoms with Crippen LogP contribution in [-0.2, 0) is 17.8 Å². The number of carbonyl (C=O) groups is 2. The van der Waals surface area contributed by atoms with Crippen LogP contribution in [0.3, 0.4) is 0 Å². The van der Waals surface area contributed by atoms with Gasteiger partial charge in [0.2, 0.25) is 11.8 Å². The third-order valence-electron chi connectivity index (χ3n) is 7.50. The average Bonchev–Trinajstić information content (AvgIpc) is 2.88. The number of fused-ring (bicyclic) bond motifs is 1. The molecule has 0 aliphatic carbocycles. The first-order chi connectivity index (χ1) is 17.0. The van der Waals surface area contributed by atoms with E-state index in [9.17, 15) is 14.7 Å². The predicted molar refractivity (Wildman–Crippen MR) is 129 cm³/mol. The number of β-amino-alcohol motifs (C(OH)–C–C–N with tert-alkyl or cyclic N) is 1. The maximum atomic E-state index is 13.2. The Morgan fingerprint density at radius 2 is 1.74 bits per heavy atom. The minimum atomic E-state index is -0.609. The van der Waals surface area contributed by atoms with Gasteiger partial charge in [-0.25, -0.2) is 9.97 Å². The first kappa shape index (κ1) is 23.7. The van der Waals surface area contributed by atoms with E-state index in [1.54, 1.807) is 17.9 Å². The SMILES string of the molecule is CC(=O)N1CCC(Oc2cc(C(=O)N3CCC(N4CCc5ccccc5C4)C(O)C3)ncn2)CC1. The Balaban J connectivity index is 1.17. The van der Waals surface area contributed by atoms with E-state index in [-0.39, 0.29) is 36.2 Å². The van der Waals surface area contributed by atoms with Gasteiger partial charge in [-0.05, 0) is 24.0 Å². The van der Waals surface area contributed by atoms with Gasteiger partial charge in [0.15, 0.2) is 0 Å². The molecule has 1 N–H and O–H groups in total. The second-order valence-corrected chi connectivity index (χ2v) is 9.73. The highest BCUT2D eigenvalue weighted by Crippen LogP contribution is 2.26. The Morgan fingerprint density at radius 3 is 2.49 bits per heavy atom. The molecule has 1 aromatic carbocycles. The van der Waals surface area contributed by atoms with Gasteiger partial charge < -0.3 is 19.6 Å². The molecule has 5 rings (SSSR count). The van der Waals surface area contributed by atoms with E-state index in [2.05, 4.69) is 39.1 Å². The molecule has 2 unspecified atom stereocenters. The van der Waals surface area contributed by atoms with Crippen molar-refractivity contribution >= 4 is 11.8 Å². The van der Waals surface area contributed by atoms with Gasteiger partial charge in [-0.3, -0.25) is 14.5 Å². The Labute approximate surface area is 205 Å². The Hall–Kier alpha value is -3.04. The number of benzene rings is 1. The fourth-order valence-electron chi connectivity index (χ4n) is 5.47. The molecule has 0 saturated carbocycles. The molecule has 2 aromatic rings. The lowest BCUT2D eigenvalue weighted by Gasteiger charge is -2.43. The summed E-state index contributed by atoms with van der Waals surface area (Å²) >= 11 is 0. The van der Waals surface area contributed by atoms with Crippen molar-refractivity contribution in [2.45, 2.75) is 57.4 Å². The molecule has 4 heterocycles. The van der Waals surface area contributed by atoms with Crippen molar-refractivity contribution < 1.29 is 19.4 Å². The van der Waals surface area contributed by atoms with E-state index in [1.807, 2.05) is 4.90 Å². The van der Waals surface area contributed by atoms with Crippen LogP contribution in [0.25, 0.3) is 0 Å². The molecule has 2 saturated heterocycles. The fraction of sp³-hybridized carbons (Fsp3) is 0.538. The van der Waals surface area contributed by atoms with E-state index in [0.717, 1.165) is 38.8 Å². The molecule has 1 aromatic heterocycles. The summed E-state index contributed by atoms with van der Waals surface area (Å²) in [7, 11) is 0. The summed E-state index contributed by atoms with van der Waals surface area (Å²) < 4.78 is 5.99.